The van der Waals surface area contributed by atoms with E-state index in [0.717, 1.165) is 24.8 Å². The molecule has 1 saturated heterocycles. The summed E-state index contributed by atoms with van der Waals surface area (Å²) in [7, 11) is -3.33. The Kier molecular flexibility index (Phi) is 7.71. The zero-order chi connectivity index (χ0) is 24.0. The van der Waals surface area contributed by atoms with Gasteiger partial charge in [-0.2, -0.15) is 5.26 Å². The maximum absolute atomic E-state index is 12.8. The highest BCUT2D eigenvalue weighted by Gasteiger charge is 2.27. The van der Waals surface area contributed by atoms with Gasteiger partial charge in [0, 0.05) is 12.1 Å². The summed E-state index contributed by atoms with van der Waals surface area (Å²) in [6, 6.07) is 14.3. The van der Waals surface area contributed by atoms with E-state index in [1.54, 1.807) is 43.3 Å². The third-order valence-electron chi connectivity index (χ3n) is 5.93. The number of nitrogens with one attached hydrogen (secondary N) is 1. The Balaban J connectivity index is 1.74. The standard InChI is InChI=1S/C24H27N3O5S/c1-2-33(31,32)20-12-10-17(11-13-20)21(14-15-25)26-23(28)19-8-6-18(7-9-19)22-5-3-4-16-27(22)24(29)30/h6-13,21-22H,2-5,14,16H2,1H3,(H,26,28)(H,29,30). The number of sulfone groups is 1. The molecule has 2 aromatic rings. The summed E-state index contributed by atoms with van der Waals surface area (Å²) in [5.41, 5.74) is 1.87. The number of benzene rings is 2. The van der Waals surface area contributed by atoms with Crippen molar-refractivity contribution < 1.29 is 23.1 Å². The van der Waals surface area contributed by atoms with E-state index >= 15 is 0 Å². The first-order chi connectivity index (χ1) is 15.8. The van der Waals surface area contributed by atoms with Gasteiger partial charge in [0.2, 0.25) is 0 Å². The van der Waals surface area contributed by atoms with Gasteiger partial charge in [-0.3, -0.25) is 4.79 Å². The van der Waals surface area contributed by atoms with Gasteiger partial charge in [-0.15, -0.1) is 0 Å². The largest absolute Gasteiger partial charge is 0.465 e. The van der Waals surface area contributed by atoms with Crippen LogP contribution in [0.2, 0.25) is 0 Å². The first-order valence-corrected chi connectivity index (χ1v) is 12.5. The molecular formula is C24H27N3O5S. The number of hydrogen-bond acceptors (Lipinski definition) is 5. The Hall–Kier alpha value is -3.38. The minimum Gasteiger partial charge on any atom is -0.465 e. The van der Waals surface area contributed by atoms with E-state index in [2.05, 4.69) is 11.4 Å². The fourth-order valence-corrected chi connectivity index (χ4v) is 4.91. The van der Waals surface area contributed by atoms with E-state index in [0.29, 0.717) is 17.7 Å². The lowest BCUT2D eigenvalue weighted by atomic mass is 9.95. The molecule has 174 valence electrons. The number of nitrogens with zero attached hydrogens (tertiary/aromatic N) is 2. The molecule has 0 aromatic heterocycles. The molecular weight excluding hydrogens is 442 g/mol. The second-order valence-corrected chi connectivity index (χ2v) is 10.2. The highest BCUT2D eigenvalue weighted by molar-refractivity contribution is 7.91. The van der Waals surface area contributed by atoms with Crippen LogP contribution in [0.25, 0.3) is 0 Å². The van der Waals surface area contributed by atoms with E-state index in [9.17, 15) is 28.4 Å². The second-order valence-electron chi connectivity index (χ2n) is 7.97. The normalized spacial score (nSPS) is 17.1. The summed E-state index contributed by atoms with van der Waals surface area (Å²) in [5, 5.41) is 21.5. The molecule has 0 radical (unpaired) electrons. The minimum atomic E-state index is -3.33. The zero-order valence-corrected chi connectivity index (χ0v) is 19.2. The van der Waals surface area contributed by atoms with Crippen LogP contribution in [-0.4, -0.2) is 42.7 Å². The molecule has 9 heteroatoms. The summed E-state index contributed by atoms with van der Waals surface area (Å²) < 4.78 is 24.0. The van der Waals surface area contributed by atoms with E-state index in [1.165, 1.54) is 17.0 Å². The molecule has 1 aliphatic rings. The molecule has 0 bridgehead atoms. The molecule has 3 rings (SSSR count). The minimum absolute atomic E-state index is 0.00815. The highest BCUT2D eigenvalue weighted by atomic mass is 32.2. The number of carbonyl (C=O) groups is 2. The lowest BCUT2D eigenvalue weighted by Crippen LogP contribution is -2.37. The average molecular weight is 470 g/mol. The summed E-state index contributed by atoms with van der Waals surface area (Å²) in [6.45, 7) is 2.07. The monoisotopic (exact) mass is 469 g/mol. The first kappa shape index (κ1) is 24.3. The Morgan fingerprint density at radius 2 is 1.82 bits per heavy atom. The van der Waals surface area contributed by atoms with Gasteiger partial charge >= 0.3 is 6.09 Å². The molecule has 2 amide bonds. The lowest BCUT2D eigenvalue weighted by molar-refractivity contribution is 0.0935. The number of carboxylic acid groups (broad SMARTS) is 1. The fourth-order valence-electron chi connectivity index (χ4n) is 4.02. The van der Waals surface area contributed by atoms with Crippen LogP contribution in [0.3, 0.4) is 0 Å². The zero-order valence-electron chi connectivity index (χ0n) is 18.4. The van der Waals surface area contributed by atoms with Crippen LogP contribution >= 0.6 is 0 Å². The van der Waals surface area contributed by atoms with Gasteiger partial charge in [0.25, 0.3) is 5.91 Å². The van der Waals surface area contributed by atoms with Crippen LogP contribution in [0.5, 0.6) is 0 Å². The molecule has 2 unspecified atom stereocenters. The molecule has 0 aliphatic carbocycles. The maximum atomic E-state index is 12.8. The van der Waals surface area contributed by atoms with E-state index < -0.39 is 22.0 Å². The van der Waals surface area contributed by atoms with Gasteiger partial charge in [0.15, 0.2) is 9.84 Å². The number of rotatable bonds is 7. The molecule has 33 heavy (non-hydrogen) atoms. The summed E-state index contributed by atoms with van der Waals surface area (Å²) in [6.07, 6.45) is 1.61. The van der Waals surface area contributed by atoms with Crippen molar-refractivity contribution in [3.8, 4) is 6.07 Å². The number of carbonyl (C=O) groups excluding carboxylic acids is 1. The van der Waals surface area contributed by atoms with Gasteiger partial charge in [0.1, 0.15) is 0 Å². The van der Waals surface area contributed by atoms with Crippen molar-refractivity contribution in [1.82, 2.24) is 10.2 Å². The quantitative estimate of drug-likeness (QED) is 0.629. The summed E-state index contributed by atoms with van der Waals surface area (Å²) in [5.74, 6) is -0.378. The molecule has 1 fully saturated rings. The van der Waals surface area contributed by atoms with Crippen molar-refractivity contribution >= 4 is 21.8 Å². The van der Waals surface area contributed by atoms with Crippen LogP contribution in [0, 0.1) is 11.3 Å². The Morgan fingerprint density at radius 3 is 2.39 bits per heavy atom. The van der Waals surface area contributed by atoms with Crippen LogP contribution in [0.4, 0.5) is 4.79 Å². The SMILES string of the molecule is CCS(=O)(=O)c1ccc(C(CC#N)NC(=O)c2ccc(C3CCCCN3C(=O)O)cc2)cc1. The van der Waals surface area contributed by atoms with Crippen LogP contribution in [0.1, 0.15) is 66.2 Å². The Morgan fingerprint density at radius 1 is 1.15 bits per heavy atom. The lowest BCUT2D eigenvalue weighted by Gasteiger charge is -2.33. The van der Waals surface area contributed by atoms with Crippen molar-refractivity contribution in [3.63, 3.8) is 0 Å². The molecule has 0 saturated carbocycles. The molecule has 0 spiro atoms. The highest BCUT2D eigenvalue weighted by Crippen LogP contribution is 2.31. The number of piperidine rings is 1. The third-order valence-corrected chi connectivity index (χ3v) is 7.68. The second kappa shape index (κ2) is 10.5. The van der Waals surface area contributed by atoms with Crippen molar-refractivity contribution in [3.05, 3.63) is 65.2 Å². The molecule has 2 aromatic carbocycles. The molecule has 1 aliphatic heterocycles. The van der Waals surface area contributed by atoms with Gasteiger partial charge in [-0.1, -0.05) is 31.2 Å². The van der Waals surface area contributed by atoms with Crippen LogP contribution in [0.15, 0.2) is 53.4 Å². The maximum Gasteiger partial charge on any atom is 0.407 e. The van der Waals surface area contributed by atoms with Crippen molar-refractivity contribution in [2.24, 2.45) is 0 Å². The van der Waals surface area contributed by atoms with Crippen LogP contribution < -0.4 is 5.32 Å². The smallest absolute Gasteiger partial charge is 0.407 e. The van der Waals surface area contributed by atoms with E-state index in [1.807, 2.05) is 0 Å². The molecule has 2 N–H and O–H groups in total. The first-order valence-electron chi connectivity index (χ1n) is 10.9. The van der Waals surface area contributed by atoms with Crippen LogP contribution in [-0.2, 0) is 9.84 Å². The number of nitriles is 1. The number of hydrogen-bond donors (Lipinski definition) is 2. The van der Waals surface area contributed by atoms with Gasteiger partial charge in [-0.05, 0) is 54.7 Å². The van der Waals surface area contributed by atoms with E-state index in [-0.39, 0.29) is 29.0 Å². The average Bonchev–Trinajstić information content (AvgIpc) is 2.84. The Bertz CT molecular complexity index is 1140. The predicted molar refractivity (Wildman–Crippen MR) is 122 cm³/mol. The van der Waals surface area contributed by atoms with Crippen molar-refractivity contribution in [1.29, 1.82) is 5.26 Å². The van der Waals surface area contributed by atoms with Gasteiger partial charge in [0.05, 0.1) is 35.2 Å². The van der Waals surface area contributed by atoms with Gasteiger partial charge < -0.3 is 15.3 Å². The van der Waals surface area contributed by atoms with Gasteiger partial charge in [-0.25, -0.2) is 13.2 Å². The summed E-state index contributed by atoms with van der Waals surface area (Å²) >= 11 is 0. The third kappa shape index (κ3) is 5.71. The molecule has 8 nitrogen and oxygen atoms in total. The molecule has 1 heterocycles. The molecule has 2 atom stereocenters. The topological polar surface area (TPSA) is 128 Å². The number of amides is 2. The van der Waals surface area contributed by atoms with E-state index in [4.69, 9.17) is 0 Å². The Labute approximate surface area is 193 Å². The predicted octanol–water partition coefficient (Wildman–Crippen LogP) is 4.07. The fraction of sp³-hybridized carbons (Fsp3) is 0.375. The number of likely N-dealkylation sites (tertiary alicyclic amines) is 1. The van der Waals surface area contributed by atoms with Crippen molar-refractivity contribution in [2.75, 3.05) is 12.3 Å². The van der Waals surface area contributed by atoms with Crippen molar-refractivity contribution in [2.45, 2.75) is 49.6 Å². The summed E-state index contributed by atoms with van der Waals surface area (Å²) in [4.78, 5) is 26.0.